The molecule has 0 aromatic carbocycles. The van der Waals surface area contributed by atoms with Crippen LogP contribution in [0.25, 0.3) is 0 Å². The molecule has 0 saturated heterocycles. The standard InChI is InChI=1S/C5H12N2O4S/c1-4(5(8)9)7-12(10,11)3-2-6/h4,7H,2-3,6H2,1H3,(H,8,9)/t4-/m1/s1. The molecule has 0 amide bonds. The minimum Gasteiger partial charge on any atom is -0.480 e. The summed E-state index contributed by atoms with van der Waals surface area (Å²) in [7, 11) is -3.53. The Labute approximate surface area is 70.8 Å². The van der Waals surface area contributed by atoms with Crippen LogP contribution in [0.4, 0.5) is 0 Å². The van der Waals surface area contributed by atoms with Gasteiger partial charge >= 0.3 is 5.97 Å². The van der Waals surface area contributed by atoms with Crippen LogP contribution in [0.15, 0.2) is 0 Å². The Bertz CT molecular complexity index is 248. The Hall–Kier alpha value is -0.660. The van der Waals surface area contributed by atoms with Crippen molar-refractivity contribution in [2.75, 3.05) is 12.3 Å². The van der Waals surface area contributed by atoms with E-state index in [2.05, 4.69) is 0 Å². The van der Waals surface area contributed by atoms with Crippen molar-refractivity contribution in [3.05, 3.63) is 0 Å². The van der Waals surface area contributed by atoms with Gasteiger partial charge in [-0.15, -0.1) is 0 Å². The quantitative estimate of drug-likeness (QED) is 0.487. The van der Waals surface area contributed by atoms with Crippen LogP contribution in [0.5, 0.6) is 0 Å². The monoisotopic (exact) mass is 196 g/mol. The molecule has 0 unspecified atom stereocenters. The molecule has 12 heavy (non-hydrogen) atoms. The maximum atomic E-state index is 10.9. The molecule has 0 fully saturated rings. The van der Waals surface area contributed by atoms with Gasteiger partial charge < -0.3 is 10.8 Å². The van der Waals surface area contributed by atoms with E-state index < -0.39 is 22.0 Å². The Morgan fingerprint density at radius 1 is 1.67 bits per heavy atom. The first-order valence-corrected chi connectivity index (χ1v) is 4.97. The average Bonchev–Trinajstić information content (AvgIpc) is 1.85. The summed E-state index contributed by atoms with van der Waals surface area (Å²) >= 11 is 0. The van der Waals surface area contributed by atoms with Gasteiger partial charge in [0, 0.05) is 6.54 Å². The maximum absolute atomic E-state index is 10.9. The van der Waals surface area contributed by atoms with Crippen LogP contribution >= 0.6 is 0 Å². The number of carbonyl (C=O) groups is 1. The molecular weight excluding hydrogens is 184 g/mol. The van der Waals surface area contributed by atoms with E-state index in [1.165, 1.54) is 6.92 Å². The normalized spacial score (nSPS) is 14.2. The molecule has 0 spiro atoms. The molecule has 0 aliphatic carbocycles. The second-order valence-electron chi connectivity index (χ2n) is 2.29. The summed E-state index contributed by atoms with van der Waals surface area (Å²) in [6.45, 7) is 1.22. The highest BCUT2D eigenvalue weighted by Gasteiger charge is 2.18. The summed E-state index contributed by atoms with van der Waals surface area (Å²) in [5.74, 6) is -1.47. The first-order valence-electron chi connectivity index (χ1n) is 3.32. The minimum absolute atomic E-state index is 0.0261. The fourth-order valence-electron chi connectivity index (χ4n) is 0.534. The van der Waals surface area contributed by atoms with Crippen LogP contribution in [-0.2, 0) is 14.8 Å². The molecule has 72 valence electrons. The Balaban J connectivity index is 4.16. The van der Waals surface area contributed by atoms with E-state index in [1.54, 1.807) is 0 Å². The van der Waals surface area contributed by atoms with Crippen LogP contribution in [0, 0.1) is 0 Å². The van der Waals surface area contributed by atoms with E-state index in [1.807, 2.05) is 4.72 Å². The molecule has 0 bridgehead atoms. The number of hydrogen-bond donors (Lipinski definition) is 3. The van der Waals surface area contributed by atoms with Gasteiger partial charge in [0.1, 0.15) is 6.04 Å². The molecule has 0 aromatic rings. The van der Waals surface area contributed by atoms with E-state index in [-0.39, 0.29) is 12.3 Å². The van der Waals surface area contributed by atoms with Crippen LogP contribution < -0.4 is 10.5 Å². The minimum atomic E-state index is -3.53. The maximum Gasteiger partial charge on any atom is 0.321 e. The summed E-state index contributed by atoms with van der Waals surface area (Å²) in [5, 5.41) is 8.36. The van der Waals surface area contributed by atoms with Crippen molar-refractivity contribution in [1.82, 2.24) is 4.72 Å². The predicted molar refractivity (Wildman–Crippen MR) is 43.1 cm³/mol. The fraction of sp³-hybridized carbons (Fsp3) is 0.800. The van der Waals surface area contributed by atoms with E-state index >= 15 is 0 Å². The SMILES string of the molecule is C[C@@H](NS(=O)(=O)CCN)C(=O)O. The molecule has 0 aromatic heterocycles. The van der Waals surface area contributed by atoms with Gasteiger partial charge in [-0.2, -0.15) is 0 Å². The lowest BCUT2D eigenvalue weighted by Crippen LogP contribution is -2.40. The zero-order chi connectivity index (χ0) is 9.78. The first kappa shape index (κ1) is 11.3. The van der Waals surface area contributed by atoms with Crippen molar-refractivity contribution >= 4 is 16.0 Å². The lowest BCUT2D eigenvalue weighted by atomic mass is 10.4. The Kier molecular flexibility index (Phi) is 4.15. The smallest absolute Gasteiger partial charge is 0.321 e. The number of hydrogen-bond acceptors (Lipinski definition) is 4. The molecule has 0 aliphatic rings. The van der Waals surface area contributed by atoms with Crippen molar-refractivity contribution < 1.29 is 18.3 Å². The molecule has 0 heterocycles. The van der Waals surface area contributed by atoms with E-state index in [9.17, 15) is 13.2 Å². The molecular formula is C5H12N2O4S. The zero-order valence-corrected chi connectivity index (χ0v) is 7.47. The predicted octanol–water partition coefficient (Wildman–Crippen LogP) is -1.66. The van der Waals surface area contributed by atoms with Gasteiger partial charge in [0.2, 0.25) is 10.0 Å². The third kappa shape index (κ3) is 4.27. The van der Waals surface area contributed by atoms with E-state index in [4.69, 9.17) is 10.8 Å². The van der Waals surface area contributed by atoms with Gasteiger partial charge in [0.05, 0.1) is 5.75 Å². The van der Waals surface area contributed by atoms with Crippen LogP contribution in [0.3, 0.4) is 0 Å². The van der Waals surface area contributed by atoms with E-state index in [0.29, 0.717) is 0 Å². The summed E-state index contributed by atoms with van der Waals surface area (Å²) in [5.41, 5.74) is 5.00. The molecule has 0 saturated carbocycles. The number of nitrogens with two attached hydrogens (primary N) is 1. The zero-order valence-electron chi connectivity index (χ0n) is 6.65. The largest absolute Gasteiger partial charge is 0.480 e. The van der Waals surface area contributed by atoms with Crippen LogP contribution in [-0.4, -0.2) is 37.8 Å². The number of aliphatic carboxylic acids is 1. The van der Waals surface area contributed by atoms with Crippen molar-refractivity contribution in [3.8, 4) is 0 Å². The number of carboxylic acid groups (broad SMARTS) is 1. The molecule has 0 rings (SSSR count). The van der Waals surface area contributed by atoms with Gasteiger partial charge in [-0.3, -0.25) is 4.79 Å². The fourth-order valence-corrected chi connectivity index (χ4v) is 1.60. The second-order valence-corrected chi connectivity index (χ2v) is 4.16. The lowest BCUT2D eigenvalue weighted by Gasteiger charge is -2.08. The van der Waals surface area contributed by atoms with Gasteiger partial charge in [0.15, 0.2) is 0 Å². The van der Waals surface area contributed by atoms with Crippen molar-refractivity contribution in [1.29, 1.82) is 0 Å². The second kappa shape index (κ2) is 4.39. The number of carboxylic acids is 1. The highest BCUT2D eigenvalue weighted by Crippen LogP contribution is 1.88. The van der Waals surface area contributed by atoms with Gasteiger partial charge in [0.25, 0.3) is 0 Å². The first-order chi connectivity index (χ1) is 5.39. The summed E-state index contributed by atoms with van der Waals surface area (Å²) < 4.78 is 23.7. The molecule has 7 heteroatoms. The summed E-state index contributed by atoms with van der Waals surface area (Å²) in [4.78, 5) is 10.2. The number of nitrogens with one attached hydrogen (secondary N) is 1. The molecule has 1 atom stereocenters. The molecule has 4 N–H and O–H groups in total. The highest BCUT2D eigenvalue weighted by molar-refractivity contribution is 7.89. The van der Waals surface area contributed by atoms with E-state index in [0.717, 1.165) is 0 Å². The van der Waals surface area contributed by atoms with Gasteiger partial charge in [-0.05, 0) is 6.92 Å². The number of rotatable bonds is 5. The molecule has 6 nitrogen and oxygen atoms in total. The number of sulfonamides is 1. The Morgan fingerprint density at radius 2 is 2.17 bits per heavy atom. The third-order valence-corrected chi connectivity index (χ3v) is 2.60. The van der Waals surface area contributed by atoms with Crippen molar-refractivity contribution in [2.45, 2.75) is 13.0 Å². The summed E-state index contributed by atoms with van der Waals surface area (Å²) in [6.07, 6.45) is 0. The molecule has 0 radical (unpaired) electrons. The topological polar surface area (TPSA) is 109 Å². The third-order valence-electron chi connectivity index (χ3n) is 1.11. The van der Waals surface area contributed by atoms with Crippen LogP contribution in [0.2, 0.25) is 0 Å². The van der Waals surface area contributed by atoms with Crippen LogP contribution in [0.1, 0.15) is 6.92 Å². The lowest BCUT2D eigenvalue weighted by molar-refractivity contribution is -0.138. The average molecular weight is 196 g/mol. The van der Waals surface area contributed by atoms with Crippen molar-refractivity contribution in [2.24, 2.45) is 5.73 Å². The van der Waals surface area contributed by atoms with Gasteiger partial charge in [-0.1, -0.05) is 0 Å². The highest BCUT2D eigenvalue weighted by atomic mass is 32.2. The Morgan fingerprint density at radius 3 is 2.50 bits per heavy atom. The van der Waals surface area contributed by atoms with Gasteiger partial charge in [-0.25, -0.2) is 13.1 Å². The molecule has 0 aliphatic heterocycles. The summed E-state index contributed by atoms with van der Waals surface area (Å²) in [6, 6.07) is -1.11. The van der Waals surface area contributed by atoms with Crippen molar-refractivity contribution in [3.63, 3.8) is 0 Å².